The fourth-order valence-corrected chi connectivity index (χ4v) is 2.28. The molecule has 21 heavy (non-hydrogen) atoms. The van der Waals surface area contributed by atoms with Gasteiger partial charge in [0, 0.05) is 18.6 Å². The standard InChI is InChI=1S/C16H26N2O3/c1-11(2)18(12(3)4)8-9-21-15-10-13(16(19)20-5)6-7-14(15)17/h6-7,10-12H,8-9,17H2,1-5H3. The summed E-state index contributed by atoms with van der Waals surface area (Å²) in [6, 6.07) is 5.81. The van der Waals surface area contributed by atoms with Gasteiger partial charge in [-0.1, -0.05) is 0 Å². The van der Waals surface area contributed by atoms with Gasteiger partial charge >= 0.3 is 5.97 Å². The molecule has 1 aromatic rings. The highest BCUT2D eigenvalue weighted by molar-refractivity contribution is 5.90. The van der Waals surface area contributed by atoms with Crippen molar-refractivity contribution < 1.29 is 14.3 Å². The molecule has 0 unspecified atom stereocenters. The second kappa shape index (κ2) is 7.88. The van der Waals surface area contributed by atoms with E-state index in [1.807, 2.05) is 0 Å². The molecule has 5 nitrogen and oxygen atoms in total. The maximum atomic E-state index is 11.5. The zero-order valence-electron chi connectivity index (χ0n) is 13.6. The summed E-state index contributed by atoms with van der Waals surface area (Å²) in [5, 5.41) is 0. The first kappa shape index (κ1) is 17.3. The van der Waals surface area contributed by atoms with Crippen molar-refractivity contribution in [2.24, 2.45) is 0 Å². The Hall–Kier alpha value is -1.75. The molecule has 0 aromatic heterocycles. The predicted molar refractivity (Wildman–Crippen MR) is 84.7 cm³/mol. The molecule has 2 N–H and O–H groups in total. The number of anilines is 1. The molecule has 1 rings (SSSR count). The van der Waals surface area contributed by atoms with Crippen LogP contribution >= 0.6 is 0 Å². The topological polar surface area (TPSA) is 64.8 Å². The van der Waals surface area contributed by atoms with Crippen molar-refractivity contribution in [2.45, 2.75) is 39.8 Å². The SMILES string of the molecule is COC(=O)c1ccc(N)c(OCCN(C(C)C)C(C)C)c1. The molecule has 5 heteroatoms. The average Bonchev–Trinajstić information content (AvgIpc) is 2.43. The monoisotopic (exact) mass is 294 g/mol. The normalized spacial score (nSPS) is 11.2. The van der Waals surface area contributed by atoms with Crippen LogP contribution in [0, 0.1) is 0 Å². The second-order valence-corrected chi connectivity index (χ2v) is 5.52. The van der Waals surface area contributed by atoms with E-state index in [1.54, 1.807) is 18.2 Å². The third kappa shape index (κ3) is 4.93. The summed E-state index contributed by atoms with van der Waals surface area (Å²) in [7, 11) is 1.35. The molecule has 0 saturated carbocycles. The van der Waals surface area contributed by atoms with Gasteiger partial charge in [-0.05, 0) is 45.9 Å². The quantitative estimate of drug-likeness (QED) is 0.618. The number of benzene rings is 1. The molecule has 0 amide bonds. The van der Waals surface area contributed by atoms with Crippen molar-refractivity contribution in [3.05, 3.63) is 23.8 Å². The Morgan fingerprint density at radius 1 is 1.24 bits per heavy atom. The Bertz CT molecular complexity index is 465. The first-order valence-electron chi connectivity index (χ1n) is 7.23. The zero-order chi connectivity index (χ0) is 16.0. The Kier molecular flexibility index (Phi) is 6.49. The molecule has 0 bridgehead atoms. The van der Waals surface area contributed by atoms with Gasteiger partial charge in [0.25, 0.3) is 0 Å². The van der Waals surface area contributed by atoms with Crippen LogP contribution in [0.25, 0.3) is 0 Å². The number of hydrogen-bond donors (Lipinski definition) is 1. The smallest absolute Gasteiger partial charge is 0.337 e. The van der Waals surface area contributed by atoms with Crippen molar-refractivity contribution in [3.8, 4) is 5.75 Å². The van der Waals surface area contributed by atoms with Gasteiger partial charge in [0.2, 0.25) is 0 Å². The molecule has 0 aliphatic heterocycles. The first-order chi connectivity index (χ1) is 9.86. The lowest BCUT2D eigenvalue weighted by Gasteiger charge is -2.30. The first-order valence-corrected chi connectivity index (χ1v) is 7.23. The minimum Gasteiger partial charge on any atom is -0.490 e. The lowest BCUT2D eigenvalue weighted by molar-refractivity contribution is 0.0600. The van der Waals surface area contributed by atoms with E-state index in [-0.39, 0.29) is 0 Å². The van der Waals surface area contributed by atoms with Crippen LogP contribution in [0.5, 0.6) is 5.75 Å². The number of carbonyl (C=O) groups excluding carboxylic acids is 1. The van der Waals surface area contributed by atoms with Crippen LogP contribution in [-0.4, -0.2) is 43.2 Å². The molecule has 0 aliphatic carbocycles. The minimum atomic E-state index is -0.397. The van der Waals surface area contributed by atoms with Gasteiger partial charge in [0.15, 0.2) is 0 Å². The number of esters is 1. The van der Waals surface area contributed by atoms with Gasteiger partial charge in [-0.2, -0.15) is 0 Å². The fourth-order valence-electron chi connectivity index (χ4n) is 2.28. The number of carbonyl (C=O) groups is 1. The van der Waals surface area contributed by atoms with E-state index in [9.17, 15) is 4.79 Å². The van der Waals surface area contributed by atoms with E-state index < -0.39 is 5.97 Å². The van der Waals surface area contributed by atoms with Crippen LogP contribution in [0.4, 0.5) is 5.69 Å². The van der Waals surface area contributed by atoms with E-state index in [4.69, 9.17) is 15.2 Å². The molecule has 0 fully saturated rings. The number of rotatable bonds is 7. The summed E-state index contributed by atoms with van der Waals surface area (Å²) in [5.74, 6) is 0.121. The Labute approximate surface area is 127 Å². The molecule has 0 heterocycles. The number of ether oxygens (including phenoxy) is 2. The number of hydrogen-bond acceptors (Lipinski definition) is 5. The van der Waals surface area contributed by atoms with E-state index in [2.05, 4.69) is 32.6 Å². The molecule has 0 radical (unpaired) electrons. The summed E-state index contributed by atoms with van der Waals surface area (Å²) in [5.41, 5.74) is 6.83. The average molecular weight is 294 g/mol. The van der Waals surface area contributed by atoms with Gasteiger partial charge in [0.05, 0.1) is 18.4 Å². The van der Waals surface area contributed by atoms with E-state index >= 15 is 0 Å². The van der Waals surface area contributed by atoms with Crippen molar-refractivity contribution in [1.29, 1.82) is 0 Å². The van der Waals surface area contributed by atoms with Gasteiger partial charge in [0.1, 0.15) is 12.4 Å². The lowest BCUT2D eigenvalue weighted by atomic mass is 10.2. The molecular weight excluding hydrogens is 268 g/mol. The number of nitrogens with zero attached hydrogens (tertiary/aromatic N) is 1. The number of nitrogen functional groups attached to an aromatic ring is 1. The molecule has 118 valence electrons. The largest absolute Gasteiger partial charge is 0.490 e. The Morgan fingerprint density at radius 3 is 2.38 bits per heavy atom. The minimum absolute atomic E-state index is 0.397. The zero-order valence-corrected chi connectivity index (χ0v) is 13.6. The highest BCUT2D eigenvalue weighted by Gasteiger charge is 2.14. The van der Waals surface area contributed by atoms with E-state index in [0.717, 1.165) is 6.54 Å². The Balaban J connectivity index is 2.68. The summed E-state index contributed by atoms with van der Waals surface area (Å²) in [4.78, 5) is 13.8. The summed E-state index contributed by atoms with van der Waals surface area (Å²) < 4.78 is 10.4. The second-order valence-electron chi connectivity index (χ2n) is 5.52. The van der Waals surface area contributed by atoms with Crippen molar-refractivity contribution in [1.82, 2.24) is 4.90 Å². The number of methoxy groups -OCH3 is 1. The molecule has 0 aliphatic rings. The molecule has 1 aromatic carbocycles. The van der Waals surface area contributed by atoms with Crippen molar-refractivity contribution in [3.63, 3.8) is 0 Å². The van der Waals surface area contributed by atoms with Crippen LogP contribution in [0.15, 0.2) is 18.2 Å². The van der Waals surface area contributed by atoms with Crippen LogP contribution in [0.2, 0.25) is 0 Å². The third-order valence-electron chi connectivity index (χ3n) is 3.37. The highest BCUT2D eigenvalue weighted by Crippen LogP contribution is 2.23. The lowest BCUT2D eigenvalue weighted by Crippen LogP contribution is -2.39. The van der Waals surface area contributed by atoms with Crippen LogP contribution in [0.1, 0.15) is 38.1 Å². The van der Waals surface area contributed by atoms with Crippen LogP contribution in [0.3, 0.4) is 0 Å². The van der Waals surface area contributed by atoms with Gasteiger partial charge < -0.3 is 15.2 Å². The molecular formula is C16H26N2O3. The van der Waals surface area contributed by atoms with E-state index in [0.29, 0.717) is 35.7 Å². The van der Waals surface area contributed by atoms with Crippen molar-refractivity contribution in [2.75, 3.05) is 26.0 Å². The van der Waals surface area contributed by atoms with Gasteiger partial charge in [-0.15, -0.1) is 0 Å². The number of nitrogens with two attached hydrogens (primary N) is 1. The maximum absolute atomic E-state index is 11.5. The van der Waals surface area contributed by atoms with Gasteiger partial charge in [-0.25, -0.2) is 4.79 Å². The van der Waals surface area contributed by atoms with Crippen molar-refractivity contribution >= 4 is 11.7 Å². The summed E-state index contributed by atoms with van der Waals surface area (Å²) in [6.45, 7) is 9.96. The Morgan fingerprint density at radius 2 is 1.86 bits per heavy atom. The maximum Gasteiger partial charge on any atom is 0.337 e. The summed E-state index contributed by atoms with van der Waals surface area (Å²) in [6.07, 6.45) is 0. The van der Waals surface area contributed by atoms with Crippen LogP contribution in [-0.2, 0) is 4.74 Å². The van der Waals surface area contributed by atoms with E-state index in [1.165, 1.54) is 7.11 Å². The predicted octanol–water partition coefficient (Wildman–Crippen LogP) is 2.55. The summed E-state index contributed by atoms with van der Waals surface area (Å²) >= 11 is 0. The molecule has 0 saturated heterocycles. The van der Waals surface area contributed by atoms with Crippen LogP contribution < -0.4 is 10.5 Å². The highest BCUT2D eigenvalue weighted by atomic mass is 16.5. The van der Waals surface area contributed by atoms with Gasteiger partial charge in [-0.3, -0.25) is 4.90 Å². The third-order valence-corrected chi connectivity index (χ3v) is 3.37. The molecule has 0 atom stereocenters. The molecule has 0 spiro atoms. The fraction of sp³-hybridized carbons (Fsp3) is 0.562.